The molecule has 1 atom stereocenters. The molecule has 1 aliphatic rings. The van der Waals surface area contributed by atoms with Crippen LogP contribution in [0.25, 0.3) is 11.3 Å². The molecule has 1 aromatic carbocycles. The second-order valence-electron chi connectivity index (χ2n) is 6.45. The quantitative estimate of drug-likeness (QED) is 0.723. The van der Waals surface area contributed by atoms with E-state index in [1.807, 2.05) is 30.3 Å². The predicted molar refractivity (Wildman–Crippen MR) is 90.1 cm³/mol. The molecule has 0 unspecified atom stereocenters. The van der Waals surface area contributed by atoms with Crippen LogP contribution < -0.4 is 5.32 Å². The van der Waals surface area contributed by atoms with Gasteiger partial charge in [0.2, 0.25) is 0 Å². The molecular weight excluding hydrogens is 336 g/mol. The maximum absolute atomic E-state index is 12.3. The van der Waals surface area contributed by atoms with Crippen LogP contribution in [0.2, 0.25) is 0 Å². The van der Waals surface area contributed by atoms with Crippen LogP contribution >= 0.6 is 0 Å². The van der Waals surface area contributed by atoms with E-state index in [0.717, 1.165) is 5.56 Å². The van der Waals surface area contributed by atoms with Gasteiger partial charge in [-0.3, -0.25) is 4.79 Å². The number of aliphatic hydroxyl groups is 1. The van der Waals surface area contributed by atoms with Crippen molar-refractivity contribution in [2.75, 3.05) is 0 Å². The summed E-state index contributed by atoms with van der Waals surface area (Å²) in [5, 5.41) is 20.1. The van der Waals surface area contributed by atoms with Gasteiger partial charge in [-0.15, -0.1) is 0 Å². The molecule has 3 aromatic rings. The van der Waals surface area contributed by atoms with Gasteiger partial charge < -0.3 is 19.5 Å². The lowest BCUT2D eigenvalue weighted by atomic mass is 9.79. The summed E-state index contributed by atoms with van der Waals surface area (Å²) in [6.07, 6.45) is 0.653. The molecule has 4 rings (SSSR count). The van der Waals surface area contributed by atoms with Gasteiger partial charge in [-0.25, -0.2) is 0 Å². The fourth-order valence-corrected chi connectivity index (χ4v) is 2.91. The number of nitrogens with zero attached hydrogens (tertiary/aromatic N) is 3. The Hall–Kier alpha value is -3.00. The predicted octanol–water partition coefficient (Wildman–Crippen LogP) is 2.45. The number of amides is 1. The lowest BCUT2D eigenvalue weighted by Crippen LogP contribution is -2.43. The lowest BCUT2D eigenvalue weighted by molar-refractivity contribution is 0.0898. The second-order valence-corrected chi connectivity index (χ2v) is 6.45. The summed E-state index contributed by atoms with van der Waals surface area (Å²) in [5.41, 5.74) is 1.12. The molecule has 0 spiro atoms. The Labute approximate surface area is 149 Å². The van der Waals surface area contributed by atoms with E-state index < -0.39 is 6.10 Å². The molecular formula is C18H18N4O4. The summed E-state index contributed by atoms with van der Waals surface area (Å²) in [6, 6.07) is 11.2. The van der Waals surface area contributed by atoms with Crippen molar-refractivity contribution >= 4 is 5.91 Å². The lowest BCUT2D eigenvalue weighted by Gasteiger charge is -2.33. The van der Waals surface area contributed by atoms with Gasteiger partial charge in [-0.05, 0) is 19.8 Å². The third-order valence-corrected chi connectivity index (χ3v) is 4.45. The first-order valence-corrected chi connectivity index (χ1v) is 8.44. The van der Waals surface area contributed by atoms with Crippen molar-refractivity contribution in [3.63, 3.8) is 0 Å². The average Bonchev–Trinajstić information content (AvgIpc) is 3.28. The van der Waals surface area contributed by atoms with Gasteiger partial charge in [0, 0.05) is 23.6 Å². The minimum absolute atomic E-state index is 0.0258. The van der Waals surface area contributed by atoms with Crippen LogP contribution in [0.15, 0.2) is 45.4 Å². The Bertz CT molecular complexity index is 897. The molecule has 2 N–H and O–H groups in total. The Morgan fingerprint density at radius 2 is 2.00 bits per heavy atom. The maximum Gasteiger partial charge on any atom is 0.273 e. The Kier molecular flexibility index (Phi) is 4.26. The molecule has 2 heterocycles. The summed E-state index contributed by atoms with van der Waals surface area (Å²) in [4.78, 5) is 16.5. The molecule has 1 fully saturated rings. The number of hydrogen-bond donors (Lipinski definition) is 2. The van der Waals surface area contributed by atoms with Crippen LogP contribution in [-0.2, 0) is 0 Å². The van der Waals surface area contributed by atoms with Gasteiger partial charge in [-0.2, -0.15) is 4.98 Å². The van der Waals surface area contributed by atoms with Crippen molar-refractivity contribution in [3.05, 3.63) is 53.8 Å². The SMILES string of the molecule is C[C@H](O)c1nc([C@H]2C[C@@H](NC(=O)c3cc(-c4ccccc4)on3)C2)no1. The van der Waals surface area contributed by atoms with Crippen LogP contribution in [0.3, 0.4) is 0 Å². The van der Waals surface area contributed by atoms with Gasteiger partial charge in [0.1, 0.15) is 6.10 Å². The number of nitrogens with one attached hydrogen (secondary N) is 1. The molecule has 1 amide bonds. The zero-order valence-electron chi connectivity index (χ0n) is 14.1. The summed E-state index contributed by atoms with van der Waals surface area (Å²) >= 11 is 0. The van der Waals surface area contributed by atoms with Crippen LogP contribution in [0, 0.1) is 0 Å². The fourth-order valence-electron chi connectivity index (χ4n) is 2.91. The molecule has 26 heavy (non-hydrogen) atoms. The number of carbonyl (C=O) groups is 1. The van der Waals surface area contributed by atoms with E-state index >= 15 is 0 Å². The minimum Gasteiger partial charge on any atom is -0.384 e. The third kappa shape index (κ3) is 3.23. The van der Waals surface area contributed by atoms with Crippen LogP contribution in [0.5, 0.6) is 0 Å². The van der Waals surface area contributed by atoms with Crippen LogP contribution in [-0.4, -0.2) is 32.4 Å². The molecule has 0 bridgehead atoms. The highest BCUT2D eigenvalue weighted by Crippen LogP contribution is 2.35. The smallest absolute Gasteiger partial charge is 0.273 e. The van der Waals surface area contributed by atoms with E-state index in [0.29, 0.717) is 24.4 Å². The molecule has 8 heteroatoms. The van der Waals surface area contributed by atoms with Crippen molar-refractivity contribution in [1.82, 2.24) is 20.6 Å². The second kappa shape index (κ2) is 6.72. The van der Waals surface area contributed by atoms with E-state index in [9.17, 15) is 9.90 Å². The Morgan fingerprint density at radius 3 is 2.69 bits per heavy atom. The van der Waals surface area contributed by atoms with Crippen LogP contribution in [0.4, 0.5) is 0 Å². The minimum atomic E-state index is -0.780. The molecule has 2 aromatic heterocycles. The monoisotopic (exact) mass is 354 g/mol. The zero-order chi connectivity index (χ0) is 18.1. The van der Waals surface area contributed by atoms with Crippen molar-refractivity contribution < 1.29 is 18.9 Å². The fraction of sp³-hybridized carbons (Fsp3) is 0.333. The van der Waals surface area contributed by atoms with Gasteiger partial charge >= 0.3 is 0 Å². The van der Waals surface area contributed by atoms with E-state index in [1.54, 1.807) is 13.0 Å². The number of aliphatic hydroxyl groups excluding tert-OH is 1. The summed E-state index contributed by atoms with van der Waals surface area (Å²) in [5.74, 6) is 1.19. The Morgan fingerprint density at radius 1 is 1.23 bits per heavy atom. The molecule has 0 radical (unpaired) electrons. The van der Waals surface area contributed by atoms with E-state index in [-0.39, 0.29) is 29.5 Å². The van der Waals surface area contributed by atoms with E-state index in [1.165, 1.54) is 0 Å². The van der Waals surface area contributed by atoms with Gasteiger partial charge in [0.05, 0.1) is 0 Å². The first-order chi connectivity index (χ1) is 12.6. The average molecular weight is 354 g/mol. The topological polar surface area (TPSA) is 114 Å². The van der Waals surface area contributed by atoms with Crippen molar-refractivity contribution in [2.45, 2.75) is 37.8 Å². The van der Waals surface area contributed by atoms with Crippen molar-refractivity contribution in [2.24, 2.45) is 0 Å². The number of benzene rings is 1. The molecule has 1 aliphatic carbocycles. The van der Waals surface area contributed by atoms with E-state index in [4.69, 9.17) is 9.05 Å². The highest BCUT2D eigenvalue weighted by Gasteiger charge is 2.35. The van der Waals surface area contributed by atoms with E-state index in [2.05, 4.69) is 20.6 Å². The summed E-state index contributed by atoms with van der Waals surface area (Å²) in [7, 11) is 0. The zero-order valence-corrected chi connectivity index (χ0v) is 14.1. The van der Waals surface area contributed by atoms with Gasteiger partial charge in [0.25, 0.3) is 11.8 Å². The maximum atomic E-state index is 12.3. The Balaban J connectivity index is 1.33. The van der Waals surface area contributed by atoms with Crippen LogP contribution in [0.1, 0.15) is 54.0 Å². The third-order valence-electron chi connectivity index (χ3n) is 4.45. The highest BCUT2D eigenvalue weighted by atomic mass is 16.5. The molecule has 134 valence electrons. The number of aromatic nitrogens is 3. The first-order valence-electron chi connectivity index (χ1n) is 8.44. The molecule has 0 saturated heterocycles. The van der Waals surface area contributed by atoms with Crippen molar-refractivity contribution in [1.29, 1.82) is 0 Å². The molecule has 8 nitrogen and oxygen atoms in total. The number of hydrogen-bond acceptors (Lipinski definition) is 7. The van der Waals surface area contributed by atoms with Crippen molar-refractivity contribution in [3.8, 4) is 11.3 Å². The highest BCUT2D eigenvalue weighted by molar-refractivity contribution is 5.93. The van der Waals surface area contributed by atoms with Gasteiger partial charge in [0.15, 0.2) is 17.3 Å². The molecule has 0 aliphatic heterocycles. The summed E-state index contributed by atoms with van der Waals surface area (Å²) in [6.45, 7) is 1.57. The normalized spacial score (nSPS) is 20.4. The first kappa shape index (κ1) is 16.5. The standard InChI is InChI=1S/C18H18N4O4/c1-10(23)18-20-16(22-26-18)12-7-13(8-12)19-17(24)14-9-15(25-21-14)11-5-3-2-4-6-11/h2-6,9-10,12-13,23H,7-8H2,1H3,(H,19,24)/t10-,12-,13+/m0/s1. The largest absolute Gasteiger partial charge is 0.384 e. The summed E-state index contributed by atoms with van der Waals surface area (Å²) < 4.78 is 10.2. The number of rotatable bonds is 5. The number of carbonyl (C=O) groups excluding carboxylic acids is 1. The molecule has 1 saturated carbocycles. The van der Waals surface area contributed by atoms with Gasteiger partial charge in [-0.1, -0.05) is 40.6 Å².